The Kier molecular flexibility index (Phi) is 1.07. The summed E-state index contributed by atoms with van der Waals surface area (Å²) < 4.78 is 9.50. The highest BCUT2D eigenvalue weighted by molar-refractivity contribution is 7.05. The summed E-state index contributed by atoms with van der Waals surface area (Å²) >= 11 is 5.28. The first kappa shape index (κ1) is 3.82. The van der Waals surface area contributed by atoms with Crippen LogP contribution in [-0.2, 0) is 8.23 Å². The van der Waals surface area contributed by atoms with Crippen LogP contribution in [0.25, 0.3) is 0 Å². The maximum absolute atomic E-state index is 5.28. The minimum Gasteiger partial charge on any atom is -0.411 e. The molecule has 0 bridgehead atoms. The SMILES string of the molecule is Cl[SiH]1O[SiH2]O1. The molecule has 5 heteroatoms. The standard InChI is InChI=1S/ClH3O2Si2/c1-5-2-4-3-5/h5H,4H2. The molecule has 1 aliphatic heterocycles. The Morgan fingerprint density at radius 3 is 2.00 bits per heavy atom. The first-order valence-electron chi connectivity index (χ1n) is 1.27. The zero-order valence-corrected chi connectivity index (χ0v) is 5.80. The Morgan fingerprint density at radius 2 is 2.00 bits per heavy atom. The minimum atomic E-state index is -1.44. The van der Waals surface area contributed by atoms with Crippen molar-refractivity contribution < 1.29 is 8.23 Å². The van der Waals surface area contributed by atoms with E-state index in [1.807, 2.05) is 0 Å². The number of rotatable bonds is 0. The Bertz CT molecular complexity index is 34.6. The third-order valence-corrected chi connectivity index (χ3v) is 5.85. The lowest BCUT2D eigenvalue weighted by atomic mass is 15.7. The molecule has 1 aliphatic rings. The lowest BCUT2D eigenvalue weighted by Crippen LogP contribution is -2.33. The van der Waals surface area contributed by atoms with Gasteiger partial charge in [0.15, 0.2) is 0 Å². The van der Waals surface area contributed by atoms with Crippen LogP contribution in [-0.4, -0.2) is 18.6 Å². The molecule has 1 rings (SSSR count). The lowest BCUT2D eigenvalue weighted by Gasteiger charge is -2.17. The molecule has 0 saturated carbocycles. The summed E-state index contributed by atoms with van der Waals surface area (Å²) in [6.45, 7) is 0. The van der Waals surface area contributed by atoms with Crippen molar-refractivity contribution in [3.63, 3.8) is 0 Å². The summed E-state index contributed by atoms with van der Waals surface area (Å²) in [7, 11) is -1.95. The van der Waals surface area contributed by atoms with Crippen LogP contribution in [0.2, 0.25) is 0 Å². The van der Waals surface area contributed by atoms with E-state index in [1.165, 1.54) is 0 Å². The molecular weight excluding hydrogens is 124 g/mol. The van der Waals surface area contributed by atoms with Crippen LogP contribution in [0.5, 0.6) is 0 Å². The molecule has 0 atom stereocenters. The van der Waals surface area contributed by atoms with Gasteiger partial charge in [0.25, 0.3) is 10.0 Å². The van der Waals surface area contributed by atoms with Gasteiger partial charge in [-0.15, -0.1) is 11.1 Å². The predicted octanol–water partition coefficient (Wildman–Crippen LogP) is -1.01. The third kappa shape index (κ3) is 0.735. The Hall–Kier alpha value is 0.644. The van der Waals surface area contributed by atoms with Gasteiger partial charge in [0, 0.05) is 0 Å². The molecular formula is H3ClO2Si2. The van der Waals surface area contributed by atoms with E-state index in [9.17, 15) is 0 Å². The second-order valence-electron chi connectivity index (χ2n) is 0.726. The summed E-state index contributed by atoms with van der Waals surface area (Å²) in [5, 5.41) is 0. The van der Waals surface area contributed by atoms with Crippen molar-refractivity contribution >= 4 is 29.7 Å². The van der Waals surface area contributed by atoms with Crippen LogP contribution in [0, 0.1) is 0 Å². The van der Waals surface area contributed by atoms with Crippen molar-refractivity contribution in [1.82, 2.24) is 0 Å². The second-order valence-corrected chi connectivity index (χ2v) is 5.25. The summed E-state index contributed by atoms with van der Waals surface area (Å²) in [4.78, 5) is 0. The molecule has 0 aliphatic carbocycles. The van der Waals surface area contributed by atoms with E-state index < -0.39 is 18.6 Å². The van der Waals surface area contributed by atoms with Gasteiger partial charge in [-0.05, 0) is 0 Å². The highest BCUT2D eigenvalue weighted by atomic mass is 35.6. The summed E-state index contributed by atoms with van der Waals surface area (Å²) in [6.07, 6.45) is 0. The number of halogens is 1. The maximum atomic E-state index is 5.28. The average Bonchev–Trinajstić information content (AvgIpc) is 1.30. The van der Waals surface area contributed by atoms with E-state index in [4.69, 9.17) is 19.3 Å². The Labute approximate surface area is 38.6 Å². The van der Waals surface area contributed by atoms with E-state index in [1.54, 1.807) is 0 Å². The molecule has 1 heterocycles. The molecule has 1 saturated heterocycles. The van der Waals surface area contributed by atoms with E-state index in [0.29, 0.717) is 0 Å². The Morgan fingerprint density at radius 1 is 1.60 bits per heavy atom. The molecule has 0 aromatic heterocycles. The molecule has 1 fully saturated rings. The fourth-order valence-electron chi connectivity index (χ4n) is 0.119. The lowest BCUT2D eigenvalue weighted by molar-refractivity contribution is 0.335. The van der Waals surface area contributed by atoms with Crippen molar-refractivity contribution in [3.05, 3.63) is 0 Å². The first-order valence-corrected chi connectivity index (χ1v) is 5.11. The zero-order chi connectivity index (χ0) is 3.70. The molecule has 30 valence electrons. The fourth-order valence-corrected chi connectivity index (χ4v) is 2.00. The van der Waals surface area contributed by atoms with Crippen molar-refractivity contribution in [2.24, 2.45) is 0 Å². The van der Waals surface area contributed by atoms with Gasteiger partial charge >= 0.3 is 8.59 Å². The molecule has 0 unspecified atom stereocenters. The van der Waals surface area contributed by atoms with E-state index >= 15 is 0 Å². The molecule has 0 aromatic carbocycles. The van der Waals surface area contributed by atoms with Gasteiger partial charge < -0.3 is 8.23 Å². The third-order valence-electron chi connectivity index (χ3n) is 0.398. The van der Waals surface area contributed by atoms with Crippen LogP contribution in [0.4, 0.5) is 0 Å². The van der Waals surface area contributed by atoms with Crippen LogP contribution in [0.1, 0.15) is 0 Å². The summed E-state index contributed by atoms with van der Waals surface area (Å²) in [6, 6.07) is 0. The number of hydrogen-bond donors (Lipinski definition) is 0. The van der Waals surface area contributed by atoms with Crippen molar-refractivity contribution in [2.45, 2.75) is 0 Å². The Balaban J connectivity index is 2.08. The van der Waals surface area contributed by atoms with Crippen LogP contribution >= 0.6 is 11.1 Å². The minimum absolute atomic E-state index is 0.513. The van der Waals surface area contributed by atoms with Crippen LogP contribution in [0.3, 0.4) is 0 Å². The quantitative estimate of drug-likeness (QED) is 0.306. The molecule has 2 nitrogen and oxygen atoms in total. The van der Waals surface area contributed by atoms with Crippen molar-refractivity contribution in [2.75, 3.05) is 0 Å². The molecule has 0 N–H and O–H groups in total. The first-order chi connectivity index (χ1) is 2.39. The average molecular weight is 127 g/mol. The van der Waals surface area contributed by atoms with Gasteiger partial charge in [-0.25, -0.2) is 0 Å². The van der Waals surface area contributed by atoms with E-state index in [2.05, 4.69) is 0 Å². The van der Waals surface area contributed by atoms with Crippen LogP contribution < -0.4 is 0 Å². The topological polar surface area (TPSA) is 18.5 Å². The second kappa shape index (κ2) is 1.40. The van der Waals surface area contributed by atoms with E-state index in [-0.39, 0.29) is 0 Å². The molecule has 0 aromatic rings. The molecule has 5 heavy (non-hydrogen) atoms. The van der Waals surface area contributed by atoms with Crippen molar-refractivity contribution in [1.29, 1.82) is 0 Å². The fraction of sp³-hybridized carbons (Fsp3) is 0. The van der Waals surface area contributed by atoms with Gasteiger partial charge in [-0.3, -0.25) is 0 Å². The highest BCUT2D eigenvalue weighted by Crippen LogP contribution is 2.00. The van der Waals surface area contributed by atoms with Gasteiger partial charge in [-0.1, -0.05) is 0 Å². The largest absolute Gasteiger partial charge is 0.411 e. The molecule has 0 radical (unpaired) electrons. The van der Waals surface area contributed by atoms with Gasteiger partial charge in [0.2, 0.25) is 0 Å². The van der Waals surface area contributed by atoms with Crippen LogP contribution in [0.15, 0.2) is 0 Å². The van der Waals surface area contributed by atoms with Gasteiger partial charge in [-0.2, -0.15) is 0 Å². The van der Waals surface area contributed by atoms with Crippen molar-refractivity contribution in [3.8, 4) is 0 Å². The predicted molar refractivity (Wildman–Crippen MR) is 23.7 cm³/mol. The maximum Gasteiger partial charge on any atom is 0.408 e. The molecule has 0 amide bonds. The molecule has 0 spiro atoms. The monoisotopic (exact) mass is 126 g/mol. The van der Waals surface area contributed by atoms with Gasteiger partial charge in [0.1, 0.15) is 0 Å². The summed E-state index contributed by atoms with van der Waals surface area (Å²) in [5.41, 5.74) is 0. The smallest absolute Gasteiger partial charge is 0.408 e. The van der Waals surface area contributed by atoms with E-state index in [0.717, 1.165) is 0 Å². The number of hydrogen-bond acceptors (Lipinski definition) is 2. The zero-order valence-electron chi connectivity index (χ0n) is 2.48. The normalized spacial score (nSPS) is 41.4. The summed E-state index contributed by atoms with van der Waals surface area (Å²) in [5.74, 6) is 0. The highest BCUT2D eigenvalue weighted by Gasteiger charge is 2.17. The van der Waals surface area contributed by atoms with Gasteiger partial charge in [0.05, 0.1) is 0 Å².